The molecule has 6 heteroatoms. The predicted octanol–water partition coefficient (Wildman–Crippen LogP) is 1.11. The summed E-state index contributed by atoms with van der Waals surface area (Å²) in [6.07, 6.45) is 0. The smallest absolute Gasteiger partial charge is 0.219 e. The molecular formula is C10H11N2O3Y-. The molecule has 5 nitrogen and oxygen atoms in total. The number of phenolic OH excluding ortho intramolecular Hbond substituents is 1. The number of phenols is 1. The Morgan fingerprint density at radius 1 is 1.25 bits per heavy atom. The molecule has 1 radical (unpaired) electrons. The van der Waals surface area contributed by atoms with Gasteiger partial charge < -0.3 is 15.7 Å². The number of anilines is 2. The number of hydrogen-bond donors (Lipinski definition) is 3. The maximum absolute atomic E-state index is 10.7. The van der Waals surface area contributed by atoms with Crippen LogP contribution in [0.2, 0.25) is 0 Å². The fourth-order valence-electron chi connectivity index (χ4n) is 1.03. The molecule has 0 bridgehead atoms. The molecule has 0 saturated heterocycles. The normalized spacial score (nSPS) is 8.88. The maximum atomic E-state index is 10.7. The van der Waals surface area contributed by atoms with E-state index >= 15 is 0 Å². The molecule has 0 fully saturated rings. The summed E-state index contributed by atoms with van der Waals surface area (Å²) in [5, 5.41) is 14.3. The topological polar surface area (TPSA) is 78.4 Å². The van der Waals surface area contributed by atoms with E-state index in [-0.39, 0.29) is 56.0 Å². The van der Waals surface area contributed by atoms with Crippen LogP contribution in [0, 0.1) is 6.07 Å². The van der Waals surface area contributed by atoms with Gasteiger partial charge in [0.25, 0.3) is 0 Å². The molecule has 2 amide bonds. The molecule has 83 valence electrons. The molecule has 0 unspecified atom stereocenters. The fourth-order valence-corrected chi connectivity index (χ4v) is 1.03. The van der Waals surface area contributed by atoms with Crippen molar-refractivity contribution in [3.05, 3.63) is 18.2 Å². The van der Waals surface area contributed by atoms with E-state index in [1.54, 1.807) is 0 Å². The quantitative estimate of drug-likeness (QED) is 0.565. The molecule has 0 aliphatic carbocycles. The second-order valence-electron chi connectivity index (χ2n) is 3.01. The van der Waals surface area contributed by atoms with E-state index in [0.717, 1.165) is 0 Å². The third kappa shape index (κ3) is 4.72. The van der Waals surface area contributed by atoms with Crippen LogP contribution in [-0.4, -0.2) is 16.9 Å². The molecule has 0 heterocycles. The first kappa shape index (κ1) is 15.1. The molecule has 0 aromatic heterocycles. The van der Waals surface area contributed by atoms with Crippen molar-refractivity contribution in [3.8, 4) is 5.75 Å². The van der Waals surface area contributed by atoms with Gasteiger partial charge in [0, 0.05) is 52.3 Å². The van der Waals surface area contributed by atoms with Gasteiger partial charge in [-0.1, -0.05) is 5.69 Å². The summed E-state index contributed by atoms with van der Waals surface area (Å²) in [6, 6.07) is 5.41. The average molecular weight is 296 g/mol. The van der Waals surface area contributed by atoms with Crippen molar-refractivity contribution in [2.45, 2.75) is 13.8 Å². The van der Waals surface area contributed by atoms with Gasteiger partial charge >= 0.3 is 0 Å². The third-order valence-electron chi connectivity index (χ3n) is 1.55. The summed E-state index contributed by atoms with van der Waals surface area (Å²) in [7, 11) is 0. The minimum atomic E-state index is -0.286. The van der Waals surface area contributed by atoms with E-state index < -0.39 is 0 Å². The SMILES string of the molecule is CC(=O)Nc1[c-]cc(NC(C)=O)c(O)c1.[Y]. The first-order chi connectivity index (χ1) is 6.99. The molecule has 0 atom stereocenters. The zero-order valence-electron chi connectivity index (χ0n) is 9.00. The Morgan fingerprint density at radius 2 is 1.81 bits per heavy atom. The van der Waals surface area contributed by atoms with Gasteiger partial charge in [-0.3, -0.25) is 9.59 Å². The van der Waals surface area contributed by atoms with Gasteiger partial charge in [-0.25, -0.2) is 0 Å². The van der Waals surface area contributed by atoms with Crippen LogP contribution in [0.25, 0.3) is 0 Å². The largest absolute Gasteiger partial charge is 0.531 e. The second kappa shape index (κ2) is 6.60. The van der Waals surface area contributed by atoms with E-state index in [1.165, 1.54) is 26.0 Å². The van der Waals surface area contributed by atoms with Crippen LogP contribution in [0.3, 0.4) is 0 Å². The zero-order chi connectivity index (χ0) is 11.4. The van der Waals surface area contributed by atoms with Crippen molar-refractivity contribution in [1.82, 2.24) is 0 Å². The summed E-state index contributed by atoms with van der Waals surface area (Å²) in [6.45, 7) is 2.69. The number of carbonyl (C=O) groups excluding carboxylic acids is 2. The van der Waals surface area contributed by atoms with Gasteiger partial charge in [0.15, 0.2) is 0 Å². The van der Waals surface area contributed by atoms with Crippen LogP contribution in [0.4, 0.5) is 11.4 Å². The second-order valence-corrected chi connectivity index (χ2v) is 3.01. The summed E-state index contributed by atoms with van der Waals surface area (Å²) in [4.78, 5) is 21.4. The van der Waals surface area contributed by atoms with Gasteiger partial charge in [-0.15, -0.1) is 12.1 Å². The molecule has 0 aliphatic heterocycles. The van der Waals surface area contributed by atoms with E-state index in [1.807, 2.05) is 0 Å². The van der Waals surface area contributed by atoms with E-state index in [0.29, 0.717) is 5.69 Å². The van der Waals surface area contributed by atoms with Crippen LogP contribution < -0.4 is 10.6 Å². The minimum Gasteiger partial charge on any atom is -0.531 e. The van der Waals surface area contributed by atoms with Crippen LogP contribution in [0.15, 0.2) is 12.1 Å². The average Bonchev–Trinajstić information content (AvgIpc) is 2.08. The monoisotopic (exact) mass is 296 g/mol. The summed E-state index contributed by atoms with van der Waals surface area (Å²) >= 11 is 0. The van der Waals surface area contributed by atoms with Crippen molar-refractivity contribution >= 4 is 23.2 Å². The zero-order valence-corrected chi connectivity index (χ0v) is 11.8. The van der Waals surface area contributed by atoms with E-state index in [2.05, 4.69) is 16.7 Å². The third-order valence-corrected chi connectivity index (χ3v) is 1.55. The van der Waals surface area contributed by atoms with Crippen molar-refractivity contribution in [2.75, 3.05) is 10.6 Å². The van der Waals surface area contributed by atoms with Gasteiger partial charge in [0.05, 0.1) is 0 Å². The molecule has 16 heavy (non-hydrogen) atoms. The first-order valence-electron chi connectivity index (χ1n) is 4.29. The van der Waals surface area contributed by atoms with Crippen molar-refractivity contribution in [3.63, 3.8) is 0 Å². The Hall–Kier alpha value is -0.936. The number of aromatic hydroxyl groups is 1. The van der Waals surface area contributed by atoms with Gasteiger partial charge in [0.1, 0.15) is 0 Å². The predicted molar refractivity (Wildman–Crippen MR) is 55.6 cm³/mol. The van der Waals surface area contributed by atoms with Crippen LogP contribution in [0.1, 0.15) is 13.8 Å². The summed E-state index contributed by atoms with van der Waals surface area (Å²) < 4.78 is 0. The number of benzene rings is 1. The maximum Gasteiger partial charge on any atom is 0.219 e. The molecule has 0 aliphatic rings. The Bertz CT molecular complexity index is 407. The van der Waals surface area contributed by atoms with Crippen molar-refractivity contribution < 1.29 is 47.4 Å². The van der Waals surface area contributed by atoms with Crippen LogP contribution in [0.5, 0.6) is 5.75 Å². The molecule has 0 spiro atoms. The number of nitrogens with one attached hydrogen (secondary N) is 2. The van der Waals surface area contributed by atoms with Gasteiger partial charge in [0.2, 0.25) is 11.8 Å². The van der Waals surface area contributed by atoms with Gasteiger partial charge in [-0.05, 0) is 5.69 Å². The number of amides is 2. The standard InChI is InChI=1S/C10H11N2O3.Y/c1-6(13)11-8-3-4-9(10(15)5-8)12-7(2)14;/h4-5,15H,1-2H3,(H,11,13)(H,12,14);/q-1;. The summed E-state index contributed by atoms with van der Waals surface area (Å²) in [5.41, 5.74) is 0.616. The Morgan fingerprint density at radius 3 is 2.25 bits per heavy atom. The Labute approximate surface area is 118 Å². The van der Waals surface area contributed by atoms with Crippen molar-refractivity contribution in [1.29, 1.82) is 0 Å². The minimum absolute atomic E-state index is 0. The molecule has 0 saturated carbocycles. The molecular weight excluding hydrogens is 285 g/mol. The Balaban J connectivity index is 0.00000225. The first-order valence-corrected chi connectivity index (χ1v) is 4.29. The van der Waals surface area contributed by atoms with Crippen LogP contribution >= 0.6 is 0 Å². The van der Waals surface area contributed by atoms with Crippen LogP contribution in [-0.2, 0) is 42.3 Å². The Kier molecular flexibility index (Phi) is 6.22. The molecule has 1 rings (SSSR count). The van der Waals surface area contributed by atoms with E-state index in [9.17, 15) is 14.7 Å². The van der Waals surface area contributed by atoms with E-state index in [4.69, 9.17) is 0 Å². The fraction of sp³-hybridized carbons (Fsp3) is 0.200. The molecule has 1 aromatic carbocycles. The molecule has 3 N–H and O–H groups in total. The van der Waals surface area contributed by atoms with Crippen molar-refractivity contribution in [2.24, 2.45) is 0 Å². The van der Waals surface area contributed by atoms with Gasteiger partial charge in [-0.2, -0.15) is 6.07 Å². The number of hydrogen-bond acceptors (Lipinski definition) is 3. The number of carbonyl (C=O) groups is 2. The number of rotatable bonds is 2. The summed E-state index contributed by atoms with van der Waals surface area (Å²) in [5.74, 6) is -0.656. The molecule has 1 aromatic rings.